The number of para-hydroxylation sites is 1. The van der Waals surface area contributed by atoms with Gasteiger partial charge in [0.15, 0.2) is 5.75 Å². The van der Waals surface area contributed by atoms with Gasteiger partial charge in [0.25, 0.3) is 0 Å². The summed E-state index contributed by atoms with van der Waals surface area (Å²) in [5.74, 6) is -0.226. The number of aromatic nitrogens is 1. The number of amides is 1. The van der Waals surface area contributed by atoms with Crippen LogP contribution in [-0.2, 0) is 4.74 Å². The first-order valence-corrected chi connectivity index (χ1v) is 12.3. The molecule has 1 aliphatic heterocycles. The molecule has 2 aromatic carbocycles. The van der Waals surface area contributed by atoms with Crippen molar-refractivity contribution in [2.75, 3.05) is 53.4 Å². The van der Waals surface area contributed by atoms with Crippen LogP contribution < -0.4 is 4.74 Å². The lowest BCUT2D eigenvalue weighted by molar-refractivity contribution is 0.0466. The molecule has 1 saturated heterocycles. The van der Waals surface area contributed by atoms with Gasteiger partial charge in [-0.25, -0.2) is 14.6 Å². The largest absolute Gasteiger partial charge is 0.461 e. The molecule has 37 heavy (non-hydrogen) atoms. The molecule has 9 heteroatoms. The molecule has 0 N–H and O–H groups in total. The Labute approximate surface area is 216 Å². The summed E-state index contributed by atoms with van der Waals surface area (Å²) in [6, 6.07) is 20.7. The fourth-order valence-corrected chi connectivity index (χ4v) is 4.28. The van der Waals surface area contributed by atoms with Gasteiger partial charge in [0, 0.05) is 52.2 Å². The van der Waals surface area contributed by atoms with E-state index in [0.717, 1.165) is 43.7 Å². The fourth-order valence-electron chi connectivity index (χ4n) is 4.28. The number of nitriles is 1. The second-order valence-corrected chi connectivity index (χ2v) is 9.10. The Bertz CT molecular complexity index is 1270. The number of carbonyl (C=O) groups is 2. The van der Waals surface area contributed by atoms with Gasteiger partial charge < -0.3 is 19.3 Å². The highest BCUT2D eigenvalue weighted by Gasteiger charge is 2.24. The molecule has 1 unspecified atom stereocenters. The molecule has 1 aromatic heterocycles. The van der Waals surface area contributed by atoms with Gasteiger partial charge in [-0.3, -0.25) is 4.90 Å². The molecule has 0 saturated carbocycles. The summed E-state index contributed by atoms with van der Waals surface area (Å²) >= 11 is 0. The first-order valence-electron chi connectivity index (χ1n) is 12.3. The van der Waals surface area contributed by atoms with Gasteiger partial charge in [-0.05, 0) is 24.1 Å². The van der Waals surface area contributed by atoms with Crippen LogP contribution in [0, 0.1) is 11.3 Å². The molecule has 1 aliphatic rings. The van der Waals surface area contributed by atoms with Gasteiger partial charge in [0.05, 0.1) is 12.7 Å². The van der Waals surface area contributed by atoms with Crippen LogP contribution in [0.2, 0.25) is 0 Å². The van der Waals surface area contributed by atoms with E-state index in [1.165, 1.54) is 4.90 Å². The summed E-state index contributed by atoms with van der Waals surface area (Å²) in [6.07, 6.45) is 0.178. The van der Waals surface area contributed by atoms with Crippen molar-refractivity contribution >= 4 is 23.0 Å². The van der Waals surface area contributed by atoms with Gasteiger partial charge in [-0.15, -0.1) is 0 Å². The van der Waals surface area contributed by atoms with E-state index in [9.17, 15) is 14.9 Å². The SMILES string of the molecule is CN(C)C(=O)Oc1cccc2ccc(C(=O)OCCCN3CCN(C(C#N)c4ccccc4)CC3)nc12. The van der Waals surface area contributed by atoms with Crippen molar-refractivity contribution < 1.29 is 19.1 Å². The van der Waals surface area contributed by atoms with E-state index in [2.05, 4.69) is 20.9 Å². The lowest BCUT2D eigenvalue weighted by atomic mass is 10.1. The third-order valence-corrected chi connectivity index (χ3v) is 6.32. The number of esters is 1. The Morgan fingerprint density at radius 2 is 1.78 bits per heavy atom. The molecule has 0 radical (unpaired) electrons. The Morgan fingerprint density at radius 1 is 1.03 bits per heavy atom. The highest BCUT2D eigenvalue weighted by atomic mass is 16.6. The van der Waals surface area contributed by atoms with Gasteiger partial charge >= 0.3 is 12.1 Å². The first kappa shape index (κ1) is 26.1. The highest BCUT2D eigenvalue weighted by molar-refractivity contribution is 5.93. The number of piperazine rings is 1. The van der Waals surface area contributed by atoms with Crippen LogP contribution in [0.5, 0.6) is 5.75 Å². The number of rotatable bonds is 8. The van der Waals surface area contributed by atoms with E-state index < -0.39 is 12.1 Å². The molecule has 2 heterocycles. The standard InChI is InChI=1S/C28H31N5O4/c1-31(2)28(35)37-25-11-6-10-22-12-13-23(30-26(22)25)27(34)36-19-7-14-32-15-17-33(18-16-32)24(20-29)21-8-4-3-5-9-21/h3-6,8-13,24H,7,14-19H2,1-2H3. The van der Waals surface area contributed by atoms with Crippen molar-refractivity contribution in [1.29, 1.82) is 5.26 Å². The van der Waals surface area contributed by atoms with E-state index in [1.54, 1.807) is 38.4 Å². The van der Waals surface area contributed by atoms with Crippen LogP contribution in [0.3, 0.4) is 0 Å². The van der Waals surface area contributed by atoms with Crippen molar-refractivity contribution in [3.63, 3.8) is 0 Å². The van der Waals surface area contributed by atoms with Crippen LogP contribution in [0.25, 0.3) is 10.9 Å². The van der Waals surface area contributed by atoms with Crippen molar-refractivity contribution in [3.05, 3.63) is 71.9 Å². The average Bonchev–Trinajstić information content (AvgIpc) is 2.92. The molecule has 1 amide bonds. The summed E-state index contributed by atoms with van der Waals surface area (Å²) in [6.45, 7) is 4.43. The Kier molecular flexibility index (Phi) is 8.67. The minimum absolute atomic E-state index is 0.165. The summed E-state index contributed by atoms with van der Waals surface area (Å²) in [4.78, 5) is 34.8. The summed E-state index contributed by atoms with van der Waals surface area (Å²) < 4.78 is 10.9. The van der Waals surface area contributed by atoms with E-state index in [4.69, 9.17) is 9.47 Å². The quantitative estimate of drug-likeness (QED) is 0.340. The molecular formula is C28H31N5O4. The summed E-state index contributed by atoms with van der Waals surface area (Å²) in [7, 11) is 3.19. The molecule has 3 aromatic rings. The number of carbonyl (C=O) groups excluding carboxylic acids is 2. The monoisotopic (exact) mass is 501 g/mol. The van der Waals surface area contributed by atoms with Gasteiger partial charge in [-0.2, -0.15) is 5.26 Å². The summed E-state index contributed by atoms with van der Waals surface area (Å²) in [5.41, 5.74) is 1.62. The topological polar surface area (TPSA) is 99.0 Å². The lowest BCUT2D eigenvalue weighted by Crippen LogP contribution is -2.47. The minimum Gasteiger partial charge on any atom is -0.461 e. The molecule has 9 nitrogen and oxygen atoms in total. The van der Waals surface area contributed by atoms with E-state index in [0.29, 0.717) is 11.9 Å². The number of fused-ring (bicyclic) bond motifs is 1. The molecular weight excluding hydrogens is 470 g/mol. The maximum Gasteiger partial charge on any atom is 0.414 e. The molecule has 0 spiro atoms. The maximum absolute atomic E-state index is 12.6. The van der Waals surface area contributed by atoms with Crippen molar-refractivity contribution in [2.24, 2.45) is 0 Å². The minimum atomic E-state index is -0.522. The highest BCUT2D eigenvalue weighted by Crippen LogP contribution is 2.25. The predicted molar refractivity (Wildman–Crippen MR) is 139 cm³/mol. The molecule has 1 atom stereocenters. The van der Waals surface area contributed by atoms with Crippen molar-refractivity contribution in [2.45, 2.75) is 12.5 Å². The van der Waals surface area contributed by atoms with Crippen LogP contribution in [0.15, 0.2) is 60.7 Å². The fraction of sp³-hybridized carbons (Fsp3) is 0.357. The molecule has 192 valence electrons. The first-order chi connectivity index (χ1) is 18.0. The smallest absolute Gasteiger partial charge is 0.414 e. The zero-order valence-corrected chi connectivity index (χ0v) is 21.2. The van der Waals surface area contributed by atoms with Gasteiger partial charge in [0.1, 0.15) is 17.3 Å². The zero-order chi connectivity index (χ0) is 26.2. The number of pyridine rings is 1. The normalized spacial score (nSPS) is 15.1. The maximum atomic E-state index is 12.6. The third-order valence-electron chi connectivity index (χ3n) is 6.32. The van der Waals surface area contributed by atoms with E-state index in [-0.39, 0.29) is 24.1 Å². The Morgan fingerprint density at radius 3 is 2.49 bits per heavy atom. The van der Waals surface area contributed by atoms with Gasteiger partial charge in [0.2, 0.25) is 0 Å². The molecule has 0 bridgehead atoms. The van der Waals surface area contributed by atoms with Crippen molar-refractivity contribution in [1.82, 2.24) is 19.7 Å². The van der Waals surface area contributed by atoms with E-state index in [1.807, 2.05) is 36.4 Å². The number of nitrogens with zero attached hydrogens (tertiary/aromatic N) is 5. The van der Waals surface area contributed by atoms with Crippen LogP contribution in [0.1, 0.15) is 28.5 Å². The van der Waals surface area contributed by atoms with E-state index >= 15 is 0 Å². The van der Waals surface area contributed by atoms with Crippen LogP contribution in [-0.4, -0.2) is 85.2 Å². The molecule has 4 rings (SSSR count). The number of benzene rings is 2. The van der Waals surface area contributed by atoms with Crippen molar-refractivity contribution in [3.8, 4) is 11.8 Å². The number of ether oxygens (including phenoxy) is 2. The Hall–Kier alpha value is -4.00. The summed E-state index contributed by atoms with van der Waals surface area (Å²) in [5, 5.41) is 10.4. The lowest BCUT2D eigenvalue weighted by Gasteiger charge is -2.37. The number of hydrogen-bond donors (Lipinski definition) is 0. The number of hydrogen-bond acceptors (Lipinski definition) is 8. The zero-order valence-electron chi connectivity index (χ0n) is 21.2. The average molecular weight is 502 g/mol. The molecule has 0 aliphatic carbocycles. The predicted octanol–water partition coefficient (Wildman–Crippen LogP) is 3.72. The molecule has 1 fully saturated rings. The second kappa shape index (κ2) is 12.3. The second-order valence-electron chi connectivity index (χ2n) is 9.10. The Balaban J connectivity index is 1.25. The van der Waals surface area contributed by atoms with Crippen LogP contribution in [0.4, 0.5) is 4.79 Å². The third kappa shape index (κ3) is 6.61. The van der Waals surface area contributed by atoms with Crippen LogP contribution >= 0.6 is 0 Å². The van der Waals surface area contributed by atoms with Gasteiger partial charge in [-0.1, -0.05) is 48.5 Å².